The summed E-state index contributed by atoms with van der Waals surface area (Å²) in [5.74, 6) is 0.0132. The predicted octanol–water partition coefficient (Wildman–Crippen LogP) is 2.36. The predicted molar refractivity (Wildman–Crippen MR) is 113 cm³/mol. The largest absolute Gasteiger partial charge is 0.476 e. The number of halogens is 1. The Morgan fingerprint density at radius 1 is 1.21 bits per heavy atom. The number of carbonyl (C=O) groups is 1. The van der Waals surface area contributed by atoms with Crippen LogP contribution in [0.4, 0.5) is 5.69 Å². The fourth-order valence-corrected chi connectivity index (χ4v) is 4.62. The average molecular weight is 438 g/mol. The van der Waals surface area contributed by atoms with Crippen molar-refractivity contribution in [1.82, 2.24) is 10.2 Å². The van der Waals surface area contributed by atoms with Crippen LogP contribution in [0.15, 0.2) is 53.4 Å². The van der Waals surface area contributed by atoms with Gasteiger partial charge in [0.1, 0.15) is 5.75 Å². The van der Waals surface area contributed by atoms with Crippen LogP contribution in [0.2, 0.25) is 5.02 Å². The van der Waals surface area contributed by atoms with Crippen molar-refractivity contribution in [2.24, 2.45) is 0 Å². The van der Waals surface area contributed by atoms with Crippen LogP contribution in [-0.4, -0.2) is 59.1 Å². The van der Waals surface area contributed by atoms with Crippen molar-refractivity contribution in [2.75, 3.05) is 38.0 Å². The number of benzene rings is 2. The molecule has 0 spiro atoms. The quantitative estimate of drug-likeness (QED) is 0.673. The van der Waals surface area contributed by atoms with E-state index in [4.69, 9.17) is 16.3 Å². The topological polar surface area (TPSA) is 79.0 Å². The van der Waals surface area contributed by atoms with Gasteiger partial charge in [-0.2, -0.15) is 0 Å². The molecule has 1 heterocycles. The molecule has 7 nitrogen and oxygen atoms in total. The highest BCUT2D eigenvalue weighted by molar-refractivity contribution is 7.92. The standard InChI is InChI=1S/C20H24ClN3O4S/c1-23(2)13-5-12-22-20(25)19-14-24(17-6-3-4-7-18(17)28-19)29(26,27)16-10-8-15(21)9-11-16/h3-4,6-11,19H,5,12-14H2,1-2H3,(H,22,25)/t19-/m0/s1. The van der Waals surface area contributed by atoms with Gasteiger partial charge in [-0.1, -0.05) is 23.7 Å². The summed E-state index contributed by atoms with van der Waals surface area (Å²) in [5, 5.41) is 3.27. The van der Waals surface area contributed by atoms with Gasteiger partial charge in [-0.3, -0.25) is 9.10 Å². The van der Waals surface area contributed by atoms with E-state index in [1.807, 2.05) is 19.0 Å². The molecule has 156 valence electrons. The maximum atomic E-state index is 13.3. The molecule has 1 aliphatic rings. The molecular weight excluding hydrogens is 414 g/mol. The number of hydrogen-bond acceptors (Lipinski definition) is 5. The van der Waals surface area contributed by atoms with Gasteiger partial charge in [0.05, 0.1) is 17.1 Å². The van der Waals surface area contributed by atoms with Gasteiger partial charge >= 0.3 is 0 Å². The minimum atomic E-state index is -3.89. The number of anilines is 1. The summed E-state index contributed by atoms with van der Waals surface area (Å²) in [7, 11) is 0.0346. The van der Waals surface area contributed by atoms with Crippen LogP contribution in [0.25, 0.3) is 0 Å². The molecule has 1 aliphatic heterocycles. The van der Waals surface area contributed by atoms with Crippen molar-refractivity contribution in [3.63, 3.8) is 0 Å². The van der Waals surface area contributed by atoms with Gasteiger partial charge in [0.25, 0.3) is 15.9 Å². The van der Waals surface area contributed by atoms with E-state index in [-0.39, 0.29) is 17.3 Å². The van der Waals surface area contributed by atoms with E-state index in [0.717, 1.165) is 13.0 Å². The molecule has 9 heteroatoms. The zero-order chi connectivity index (χ0) is 21.0. The van der Waals surface area contributed by atoms with Crippen LogP contribution in [0.1, 0.15) is 6.42 Å². The zero-order valence-corrected chi connectivity index (χ0v) is 17.9. The Bertz CT molecular complexity index is 964. The molecule has 0 radical (unpaired) electrons. The summed E-state index contributed by atoms with van der Waals surface area (Å²) < 4.78 is 33.5. The van der Waals surface area contributed by atoms with Crippen molar-refractivity contribution in [1.29, 1.82) is 0 Å². The second-order valence-corrected chi connectivity index (χ2v) is 9.31. The normalized spacial score (nSPS) is 16.3. The highest BCUT2D eigenvalue weighted by Crippen LogP contribution is 2.36. The summed E-state index contributed by atoms with van der Waals surface area (Å²) in [6.45, 7) is 1.22. The van der Waals surface area contributed by atoms with E-state index in [2.05, 4.69) is 5.32 Å². The maximum absolute atomic E-state index is 13.3. The molecule has 1 N–H and O–H groups in total. The summed E-state index contributed by atoms with van der Waals surface area (Å²) in [5.41, 5.74) is 0.402. The number of nitrogens with zero attached hydrogens (tertiary/aromatic N) is 2. The number of ether oxygens (including phenoxy) is 1. The molecule has 0 aromatic heterocycles. The minimum absolute atomic E-state index is 0.101. The van der Waals surface area contributed by atoms with Crippen molar-refractivity contribution in [3.05, 3.63) is 53.6 Å². The Hall–Kier alpha value is -2.29. The average Bonchev–Trinajstić information content (AvgIpc) is 2.70. The lowest BCUT2D eigenvalue weighted by molar-refractivity contribution is -0.127. The van der Waals surface area contributed by atoms with Gasteiger partial charge in [0.2, 0.25) is 0 Å². The molecule has 1 amide bonds. The summed E-state index contributed by atoms with van der Waals surface area (Å²) in [4.78, 5) is 14.7. The van der Waals surface area contributed by atoms with Crippen molar-refractivity contribution < 1.29 is 17.9 Å². The van der Waals surface area contributed by atoms with E-state index in [9.17, 15) is 13.2 Å². The molecule has 29 heavy (non-hydrogen) atoms. The molecule has 2 aromatic rings. The lowest BCUT2D eigenvalue weighted by Gasteiger charge is -2.34. The molecule has 0 aliphatic carbocycles. The molecule has 0 bridgehead atoms. The molecule has 2 aromatic carbocycles. The Kier molecular flexibility index (Phi) is 6.66. The Labute approximate surface area is 176 Å². The number of carbonyl (C=O) groups excluding carboxylic acids is 1. The molecular formula is C20H24ClN3O4S. The van der Waals surface area contributed by atoms with Crippen molar-refractivity contribution >= 4 is 33.2 Å². The first-order valence-corrected chi connectivity index (χ1v) is 11.1. The fourth-order valence-electron chi connectivity index (χ4n) is 3.02. The van der Waals surface area contributed by atoms with Crippen LogP contribution < -0.4 is 14.4 Å². The number of sulfonamides is 1. The first kappa shape index (κ1) is 21.4. The van der Waals surface area contributed by atoms with Gasteiger partial charge in [0.15, 0.2) is 6.10 Å². The SMILES string of the molecule is CN(C)CCCNC(=O)[C@@H]1CN(S(=O)(=O)c2ccc(Cl)cc2)c2ccccc2O1. The lowest BCUT2D eigenvalue weighted by Crippen LogP contribution is -2.50. The number of rotatable bonds is 7. The minimum Gasteiger partial charge on any atom is -0.476 e. The summed E-state index contributed by atoms with van der Waals surface area (Å²) in [6, 6.07) is 12.7. The first-order valence-electron chi connectivity index (χ1n) is 9.25. The second kappa shape index (κ2) is 9.02. The van der Waals surface area contributed by atoms with E-state index in [0.29, 0.717) is 23.0 Å². The summed E-state index contributed by atoms with van der Waals surface area (Å²) >= 11 is 5.89. The molecule has 0 saturated carbocycles. The molecule has 3 rings (SSSR count). The summed E-state index contributed by atoms with van der Waals surface area (Å²) in [6.07, 6.45) is -0.152. The molecule has 1 atom stereocenters. The lowest BCUT2D eigenvalue weighted by atomic mass is 10.2. The molecule has 0 saturated heterocycles. The van der Waals surface area contributed by atoms with Crippen LogP contribution in [0.5, 0.6) is 5.75 Å². The first-order chi connectivity index (χ1) is 13.8. The molecule has 0 fully saturated rings. The Morgan fingerprint density at radius 2 is 1.90 bits per heavy atom. The van der Waals surface area contributed by atoms with Crippen LogP contribution >= 0.6 is 11.6 Å². The zero-order valence-electron chi connectivity index (χ0n) is 16.3. The maximum Gasteiger partial charge on any atom is 0.264 e. The number of hydrogen-bond donors (Lipinski definition) is 1. The van der Waals surface area contributed by atoms with Gasteiger partial charge in [-0.05, 0) is 63.5 Å². The number of amides is 1. The van der Waals surface area contributed by atoms with Crippen LogP contribution in [-0.2, 0) is 14.8 Å². The van der Waals surface area contributed by atoms with Gasteiger partial charge < -0.3 is 15.0 Å². The van der Waals surface area contributed by atoms with E-state index in [1.165, 1.54) is 28.6 Å². The molecule has 0 unspecified atom stereocenters. The monoisotopic (exact) mass is 437 g/mol. The number of fused-ring (bicyclic) bond motifs is 1. The highest BCUT2D eigenvalue weighted by Gasteiger charge is 2.37. The van der Waals surface area contributed by atoms with Gasteiger partial charge in [0, 0.05) is 11.6 Å². The number of para-hydroxylation sites is 2. The van der Waals surface area contributed by atoms with E-state index in [1.54, 1.807) is 24.3 Å². The van der Waals surface area contributed by atoms with Crippen LogP contribution in [0.3, 0.4) is 0 Å². The highest BCUT2D eigenvalue weighted by atomic mass is 35.5. The van der Waals surface area contributed by atoms with Crippen molar-refractivity contribution in [2.45, 2.75) is 17.4 Å². The fraction of sp³-hybridized carbons (Fsp3) is 0.350. The number of nitrogens with one attached hydrogen (secondary N) is 1. The smallest absolute Gasteiger partial charge is 0.264 e. The second-order valence-electron chi connectivity index (χ2n) is 7.01. The Morgan fingerprint density at radius 3 is 2.59 bits per heavy atom. The third-order valence-electron chi connectivity index (χ3n) is 4.51. The van der Waals surface area contributed by atoms with Crippen molar-refractivity contribution in [3.8, 4) is 5.75 Å². The van der Waals surface area contributed by atoms with E-state index < -0.39 is 16.1 Å². The van der Waals surface area contributed by atoms with Crippen LogP contribution in [0, 0.1) is 0 Å². The van der Waals surface area contributed by atoms with E-state index >= 15 is 0 Å². The van der Waals surface area contributed by atoms with Gasteiger partial charge in [-0.25, -0.2) is 8.42 Å². The van der Waals surface area contributed by atoms with Gasteiger partial charge in [-0.15, -0.1) is 0 Å². The third kappa shape index (κ3) is 5.01. The Balaban J connectivity index is 1.83. The third-order valence-corrected chi connectivity index (χ3v) is 6.56.